The van der Waals surface area contributed by atoms with Gasteiger partial charge in [0.25, 0.3) is 0 Å². The number of allylic oxidation sites excluding steroid dienone is 6. The van der Waals surface area contributed by atoms with E-state index in [1.54, 1.807) is 13.0 Å². The number of fused-ring (bicyclic) bond motifs is 5. The molecule has 0 bridgehead atoms. The number of hydrogen-bond donors (Lipinski definition) is 1. The van der Waals surface area contributed by atoms with Crippen LogP contribution in [0.3, 0.4) is 0 Å². The van der Waals surface area contributed by atoms with Gasteiger partial charge in [0.2, 0.25) is 0 Å². The molecule has 7 heteroatoms. The van der Waals surface area contributed by atoms with E-state index in [1.807, 2.05) is 19.9 Å². The van der Waals surface area contributed by atoms with Gasteiger partial charge in [-0.05, 0) is 42.4 Å². The van der Waals surface area contributed by atoms with Crippen LogP contribution in [0.2, 0.25) is 0 Å². The maximum Gasteiger partial charge on any atom is 0.196 e. The van der Waals surface area contributed by atoms with Gasteiger partial charge in [-0.1, -0.05) is 44.5 Å². The Morgan fingerprint density at radius 2 is 2.03 bits per heavy atom. The van der Waals surface area contributed by atoms with Gasteiger partial charge >= 0.3 is 0 Å². The minimum absolute atomic E-state index is 0.160. The minimum atomic E-state index is -1.81. The maximum absolute atomic E-state index is 13.4. The van der Waals surface area contributed by atoms with Gasteiger partial charge in [0.1, 0.15) is 5.60 Å². The second kappa shape index (κ2) is 6.41. The molecule has 4 rings (SSSR count). The molecule has 0 aromatic carbocycles. The average molecular weight is 462 g/mol. The van der Waals surface area contributed by atoms with E-state index in [4.69, 9.17) is 34.8 Å². The molecule has 2 saturated carbocycles. The van der Waals surface area contributed by atoms with E-state index in [9.17, 15) is 19.1 Å². The summed E-state index contributed by atoms with van der Waals surface area (Å²) < 4.78 is 13.4. The molecule has 158 valence electrons. The Bertz CT molecular complexity index is 898. The first-order chi connectivity index (χ1) is 13.4. The van der Waals surface area contributed by atoms with E-state index in [-0.39, 0.29) is 24.0 Å². The predicted octanol–water partition coefficient (Wildman–Crippen LogP) is 4.73. The summed E-state index contributed by atoms with van der Waals surface area (Å²) in [6, 6.07) is 0. The molecule has 0 aromatic heterocycles. The summed E-state index contributed by atoms with van der Waals surface area (Å²) in [5.41, 5.74) is -2.91. The lowest BCUT2D eigenvalue weighted by molar-refractivity contribution is -0.163. The van der Waals surface area contributed by atoms with Crippen LogP contribution >= 0.6 is 34.8 Å². The van der Waals surface area contributed by atoms with Crippen molar-refractivity contribution in [2.45, 2.75) is 49.5 Å². The van der Waals surface area contributed by atoms with Gasteiger partial charge in [-0.25, -0.2) is 4.39 Å². The summed E-state index contributed by atoms with van der Waals surface area (Å²) >= 11 is 20.9. The van der Waals surface area contributed by atoms with Gasteiger partial charge in [0, 0.05) is 21.8 Å². The molecule has 0 radical (unpaired) electrons. The largest absolute Gasteiger partial charge is 0.381 e. The summed E-state index contributed by atoms with van der Waals surface area (Å²) in [6.45, 7) is 4.29. The monoisotopic (exact) mass is 460 g/mol. The molecule has 2 fully saturated rings. The summed E-state index contributed by atoms with van der Waals surface area (Å²) in [7, 11) is 0. The molecular formula is C22H24Cl3FO3. The summed E-state index contributed by atoms with van der Waals surface area (Å²) in [5, 5.41) is 11.2. The van der Waals surface area contributed by atoms with Gasteiger partial charge in [0.05, 0.1) is 10.3 Å². The molecule has 0 unspecified atom stereocenters. The smallest absolute Gasteiger partial charge is 0.196 e. The zero-order valence-corrected chi connectivity index (χ0v) is 18.8. The van der Waals surface area contributed by atoms with E-state index in [2.05, 4.69) is 0 Å². The molecule has 0 amide bonds. The predicted molar refractivity (Wildman–Crippen MR) is 112 cm³/mol. The van der Waals surface area contributed by atoms with Crippen LogP contribution < -0.4 is 0 Å². The fourth-order valence-electron chi connectivity index (χ4n) is 6.71. The molecule has 0 heterocycles. The first kappa shape index (κ1) is 21.5. The lowest BCUT2D eigenvalue weighted by Crippen LogP contribution is -2.67. The van der Waals surface area contributed by atoms with Gasteiger partial charge in [-0.15, -0.1) is 23.2 Å². The second-order valence-electron chi connectivity index (χ2n) is 9.46. The number of Topliss-reactive ketones (excluding diaryl/α,β-unsaturated/α-hetero) is 1. The maximum atomic E-state index is 13.4. The number of alkyl halides is 3. The van der Waals surface area contributed by atoms with Gasteiger partial charge < -0.3 is 5.11 Å². The Balaban J connectivity index is 1.93. The number of carbonyl (C=O) groups excluding carboxylic acids is 2. The normalized spacial score (nSPS) is 51.0. The van der Waals surface area contributed by atoms with Crippen LogP contribution in [0.4, 0.5) is 4.39 Å². The number of hydrogen-bond acceptors (Lipinski definition) is 3. The topological polar surface area (TPSA) is 54.4 Å². The quantitative estimate of drug-likeness (QED) is 0.605. The minimum Gasteiger partial charge on any atom is -0.381 e. The SMILES string of the molecule is C[C@H]1C[C@H]2[C@@H]3C=C(Cl)C4=CC(=O)C=C[C@]4(C)[C@@]3(Cl)[C@@H](Cl)C[C@]2(C)[C@@]1(O)C(=O)CF. The number of rotatable bonds is 2. The van der Waals surface area contributed by atoms with Crippen molar-refractivity contribution < 1.29 is 19.1 Å². The van der Waals surface area contributed by atoms with Crippen LogP contribution in [-0.2, 0) is 9.59 Å². The van der Waals surface area contributed by atoms with Gasteiger partial charge in [0.15, 0.2) is 18.2 Å². The lowest BCUT2D eigenvalue weighted by Gasteiger charge is -2.62. The van der Waals surface area contributed by atoms with Crippen molar-refractivity contribution in [2.75, 3.05) is 6.67 Å². The van der Waals surface area contributed by atoms with Crippen molar-refractivity contribution in [3.63, 3.8) is 0 Å². The number of carbonyl (C=O) groups is 2. The number of halogens is 4. The third-order valence-electron chi connectivity index (χ3n) is 8.34. The van der Waals surface area contributed by atoms with E-state index < -0.39 is 45.1 Å². The Hall–Kier alpha value is -0.680. The van der Waals surface area contributed by atoms with E-state index in [0.29, 0.717) is 17.0 Å². The first-order valence-electron chi connectivity index (χ1n) is 9.85. The second-order valence-corrected chi connectivity index (χ2v) is 11.0. The summed E-state index contributed by atoms with van der Waals surface area (Å²) in [5.74, 6) is -1.98. The van der Waals surface area contributed by atoms with E-state index >= 15 is 0 Å². The Kier molecular flexibility index (Phi) is 4.77. The molecule has 4 aliphatic rings. The first-order valence-corrected chi connectivity index (χ1v) is 11.0. The molecule has 4 aliphatic carbocycles. The van der Waals surface area contributed by atoms with Crippen LogP contribution in [0, 0.1) is 28.6 Å². The Morgan fingerprint density at radius 1 is 1.38 bits per heavy atom. The lowest BCUT2D eigenvalue weighted by atomic mass is 9.48. The zero-order chi connectivity index (χ0) is 21.6. The van der Waals surface area contributed by atoms with Crippen molar-refractivity contribution in [3.8, 4) is 0 Å². The standard InChI is InChI=1S/C22H24Cl3FO3/c1-11-6-13-14-8-16(23)15-7-12(27)4-5-19(15,2)21(14,25)17(24)9-20(13,3)22(11,29)18(28)10-26/h4-5,7-8,11,13-14,17,29H,6,9-10H2,1-3H3/t11-,13-,14-,17-,19-,20-,21-,22-/m0/s1. The average Bonchev–Trinajstić information content (AvgIpc) is 2.86. The summed E-state index contributed by atoms with van der Waals surface area (Å²) in [4.78, 5) is 23.5. The molecule has 0 spiro atoms. The molecule has 0 aliphatic heterocycles. The van der Waals surface area contributed by atoms with E-state index in [1.165, 1.54) is 12.2 Å². The molecule has 29 heavy (non-hydrogen) atoms. The number of ketones is 2. The van der Waals surface area contributed by atoms with Crippen molar-refractivity contribution in [3.05, 3.63) is 34.9 Å². The zero-order valence-electron chi connectivity index (χ0n) is 16.5. The highest BCUT2D eigenvalue weighted by Crippen LogP contribution is 2.71. The Labute approximate surface area is 185 Å². The van der Waals surface area contributed by atoms with Crippen LogP contribution in [0.15, 0.2) is 34.9 Å². The van der Waals surface area contributed by atoms with Crippen LogP contribution in [0.25, 0.3) is 0 Å². The van der Waals surface area contributed by atoms with Crippen molar-refractivity contribution >= 4 is 46.4 Å². The number of aliphatic hydroxyl groups is 1. The van der Waals surface area contributed by atoms with Crippen molar-refractivity contribution in [1.29, 1.82) is 0 Å². The van der Waals surface area contributed by atoms with Gasteiger partial charge in [-0.2, -0.15) is 0 Å². The Morgan fingerprint density at radius 3 is 2.66 bits per heavy atom. The molecule has 0 saturated heterocycles. The van der Waals surface area contributed by atoms with Crippen molar-refractivity contribution in [2.24, 2.45) is 28.6 Å². The van der Waals surface area contributed by atoms with Gasteiger partial charge in [-0.3, -0.25) is 9.59 Å². The van der Waals surface area contributed by atoms with Crippen LogP contribution in [0.5, 0.6) is 0 Å². The van der Waals surface area contributed by atoms with Crippen molar-refractivity contribution in [1.82, 2.24) is 0 Å². The highest BCUT2D eigenvalue weighted by atomic mass is 35.5. The molecule has 8 atom stereocenters. The fraction of sp³-hybridized carbons (Fsp3) is 0.636. The third-order valence-corrected chi connectivity index (χ3v) is 10.2. The summed E-state index contributed by atoms with van der Waals surface area (Å²) in [6.07, 6.45) is 7.33. The van der Waals surface area contributed by atoms with Crippen LogP contribution in [-0.4, -0.2) is 39.2 Å². The fourth-order valence-corrected chi connectivity index (χ4v) is 8.25. The molecule has 1 N–H and O–H groups in total. The molecule has 3 nitrogen and oxygen atoms in total. The van der Waals surface area contributed by atoms with E-state index in [0.717, 1.165) is 0 Å². The molecule has 0 aromatic rings. The highest BCUT2D eigenvalue weighted by Gasteiger charge is 2.74. The third kappa shape index (κ3) is 2.35. The highest BCUT2D eigenvalue weighted by molar-refractivity contribution is 6.36. The molecular weight excluding hydrogens is 438 g/mol. The van der Waals surface area contributed by atoms with Crippen LogP contribution in [0.1, 0.15) is 33.6 Å².